The van der Waals surface area contributed by atoms with Crippen molar-refractivity contribution in [3.05, 3.63) is 29.8 Å². The molecule has 2 atom stereocenters. The van der Waals surface area contributed by atoms with E-state index in [4.69, 9.17) is 15.7 Å². The fraction of sp³-hybridized carbons (Fsp3) is 0.500. The van der Waals surface area contributed by atoms with E-state index in [0.29, 0.717) is 17.9 Å². The molecule has 1 aromatic carbocycles. The second kappa shape index (κ2) is 7.09. The number of benzene rings is 1. The first-order chi connectivity index (χ1) is 9.74. The molecule has 0 aliphatic heterocycles. The van der Waals surface area contributed by atoms with Gasteiger partial charge in [0.15, 0.2) is 0 Å². The first-order valence-corrected chi connectivity index (χ1v) is 6.93. The Hall–Kier alpha value is -2.06. The summed E-state index contributed by atoms with van der Waals surface area (Å²) in [5, 5.41) is 11.6. The minimum Gasteiger partial charge on any atom is -0.491 e. The van der Waals surface area contributed by atoms with Gasteiger partial charge in [-0.3, -0.25) is 4.79 Å². The summed E-state index contributed by atoms with van der Waals surface area (Å²) in [5.74, 6) is 0.480. The van der Waals surface area contributed by atoms with Crippen molar-refractivity contribution in [3.8, 4) is 11.8 Å². The summed E-state index contributed by atoms with van der Waals surface area (Å²) < 4.78 is 5.57. The van der Waals surface area contributed by atoms with E-state index in [9.17, 15) is 4.79 Å². The summed E-state index contributed by atoms with van der Waals surface area (Å²) in [6.07, 6.45) is 0. The largest absolute Gasteiger partial charge is 0.491 e. The first-order valence-electron chi connectivity index (χ1n) is 6.93. The van der Waals surface area contributed by atoms with Crippen molar-refractivity contribution >= 4 is 5.91 Å². The number of nitrogens with two attached hydrogens (primary N) is 1. The van der Waals surface area contributed by atoms with E-state index in [2.05, 4.69) is 5.32 Å². The highest BCUT2D eigenvalue weighted by molar-refractivity contribution is 5.82. The quantitative estimate of drug-likeness (QED) is 0.865. The maximum absolute atomic E-state index is 12.0. The van der Waals surface area contributed by atoms with Crippen LogP contribution in [-0.4, -0.2) is 24.6 Å². The Kier molecular flexibility index (Phi) is 5.74. The maximum atomic E-state index is 12.0. The van der Waals surface area contributed by atoms with Crippen molar-refractivity contribution in [2.45, 2.75) is 39.8 Å². The van der Waals surface area contributed by atoms with Crippen LogP contribution in [0.2, 0.25) is 0 Å². The van der Waals surface area contributed by atoms with Crippen molar-refractivity contribution in [2.24, 2.45) is 11.1 Å². The number of nitrogens with one attached hydrogen (secondary N) is 1. The Morgan fingerprint density at radius 1 is 1.38 bits per heavy atom. The third kappa shape index (κ3) is 5.44. The maximum Gasteiger partial charge on any atom is 0.237 e. The normalized spacial score (nSPS) is 13.9. The molecule has 1 rings (SSSR count). The highest BCUT2D eigenvalue weighted by Crippen LogP contribution is 2.17. The lowest BCUT2D eigenvalue weighted by Gasteiger charge is -2.27. The van der Waals surface area contributed by atoms with Crippen molar-refractivity contribution < 1.29 is 9.53 Å². The predicted molar refractivity (Wildman–Crippen MR) is 81.7 cm³/mol. The smallest absolute Gasteiger partial charge is 0.237 e. The molecule has 5 nitrogen and oxygen atoms in total. The molecule has 1 amide bonds. The molecule has 0 bridgehead atoms. The summed E-state index contributed by atoms with van der Waals surface area (Å²) >= 11 is 0. The summed E-state index contributed by atoms with van der Waals surface area (Å²) in [6, 6.07) is 8.17. The van der Waals surface area contributed by atoms with Crippen LogP contribution in [0, 0.1) is 16.7 Å². The van der Waals surface area contributed by atoms with Crippen LogP contribution in [0.15, 0.2) is 24.3 Å². The Balaban J connectivity index is 2.45. The Labute approximate surface area is 126 Å². The molecule has 1 aromatic rings. The molecular formula is C16H23N3O2. The van der Waals surface area contributed by atoms with Gasteiger partial charge in [-0.1, -0.05) is 20.8 Å². The number of nitriles is 1. The number of hydrogen-bond donors (Lipinski definition) is 2. The minimum absolute atomic E-state index is 0.151. The van der Waals surface area contributed by atoms with Gasteiger partial charge in [-0.25, -0.2) is 0 Å². The van der Waals surface area contributed by atoms with Gasteiger partial charge >= 0.3 is 0 Å². The van der Waals surface area contributed by atoms with Crippen molar-refractivity contribution in [1.29, 1.82) is 5.26 Å². The predicted octanol–water partition coefficient (Wildman–Crippen LogP) is 1.82. The standard InChI is InChI=1S/C16H23N3O2/c1-11(19-15(20)14(18)16(2,3)4)10-21-13-7-5-12(9-17)6-8-13/h5-8,11,14H,10,18H2,1-4H3,(H,19,20)/t11?,14-/m1/s1. The molecule has 0 saturated carbocycles. The van der Waals surface area contributed by atoms with Gasteiger partial charge in [0.2, 0.25) is 5.91 Å². The van der Waals surface area contributed by atoms with Crippen LogP contribution in [-0.2, 0) is 4.79 Å². The zero-order valence-electron chi connectivity index (χ0n) is 13.0. The van der Waals surface area contributed by atoms with Gasteiger partial charge in [-0.2, -0.15) is 5.26 Å². The summed E-state index contributed by atoms with van der Waals surface area (Å²) in [4.78, 5) is 12.0. The monoisotopic (exact) mass is 289 g/mol. The number of ether oxygens (including phenoxy) is 1. The van der Waals surface area contributed by atoms with Crippen LogP contribution in [0.4, 0.5) is 0 Å². The van der Waals surface area contributed by atoms with Crippen molar-refractivity contribution in [3.63, 3.8) is 0 Å². The van der Waals surface area contributed by atoms with Gasteiger partial charge in [0.05, 0.1) is 23.7 Å². The van der Waals surface area contributed by atoms with Crippen LogP contribution in [0.3, 0.4) is 0 Å². The molecule has 114 valence electrons. The third-order valence-electron chi connectivity index (χ3n) is 3.09. The zero-order valence-corrected chi connectivity index (χ0v) is 13.0. The lowest BCUT2D eigenvalue weighted by atomic mass is 9.87. The Bertz CT molecular complexity index is 512. The fourth-order valence-electron chi connectivity index (χ4n) is 1.61. The molecule has 3 N–H and O–H groups in total. The molecule has 0 heterocycles. The topological polar surface area (TPSA) is 88.1 Å². The molecule has 0 saturated heterocycles. The lowest BCUT2D eigenvalue weighted by molar-refractivity contribution is -0.125. The first kappa shape index (κ1) is 17.0. The molecule has 1 unspecified atom stereocenters. The fourth-order valence-corrected chi connectivity index (χ4v) is 1.61. The molecule has 0 radical (unpaired) electrons. The number of hydrogen-bond acceptors (Lipinski definition) is 4. The molecule has 0 aromatic heterocycles. The van der Waals surface area contributed by atoms with Crippen LogP contribution in [0.5, 0.6) is 5.75 Å². The van der Waals surface area contributed by atoms with Gasteiger partial charge < -0.3 is 15.8 Å². The lowest BCUT2D eigenvalue weighted by Crippen LogP contribution is -2.51. The second-order valence-electron chi connectivity index (χ2n) is 6.20. The van der Waals surface area contributed by atoms with E-state index in [-0.39, 0.29) is 17.4 Å². The van der Waals surface area contributed by atoms with Gasteiger partial charge in [0, 0.05) is 0 Å². The van der Waals surface area contributed by atoms with Gasteiger partial charge in [-0.15, -0.1) is 0 Å². The minimum atomic E-state index is -0.560. The van der Waals surface area contributed by atoms with E-state index in [0.717, 1.165) is 0 Å². The number of nitrogens with zero attached hydrogens (tertiary/aromatic N) is 1. The molecule has 0 spiro atoms. The summed E-state index contributed by atoms with van der Waals surface area (Å²) in [6.45, 7) is 7.98. The van der Waals surface area contributed by atoms with Crippen LogP contribution in [0.25, 0.3) is 0 Å². The van der Waals surface area contributed by atoms with Gasteiger partial charge in [0.1, 0.15) is 12.4 Å². The van der Waals surface area contributed by atoms with Gasteiger partial charge in [0.25, 0.3) is 0 Å². The van der Waals surface area contributed by atoms with Crippen LogP contribution >= 0.6 is 0 Å². The summed E-state index contributed by atoms with van der Waals surface area (Å²) in [5.41, 5.74) is 6.20. The van der Waals surface area contributed by atoms with E-state index in [1.54, 1.807) is 24.3 Å². The number of carbonyl (C=O) groups excluding carboxylic acids is 1. The van der Waals surface area contributed by atoms with Gasteiger partial charge in [-0.05, 0) is 36.6 Å². The van der Waals surface area contributed by atoms with E-state index in [1.807, 2.05) is 33.8 Å². The number of carbonyl (C=O) groups is 1. The van der Waals surface area contributed by atoms with Crippen LogP contribution in [0.1, 0.15) is 33.3 Å². The average Bonchev–Trinajstić information content (AvgIpc) is 2.43. The number of rotatable bonds is 5. The summed E-state index contributed by atoms with van der Waals surface area (Å²) in [7, 11) is 0. The molecule has 0 aliphatic rings. The van der Waals surface area contributed by atoms with Crippen molar-refractivity contribution in [2.75, 3.05) is 6.61 Å². The average molecular weight is 289 g/mol. The number of amides is 1. The Morgan fingerprint density at radius 2 is 1.95 bits per heavy atom. The highest BCUT2D eigenvalue weighted by Gasteiger charge is 2.28. The molecule has 5 heteroatoms. The highest BCUT2D eigenvalue weighted by atomic mass is 16.5. The zero-order chi connectivity index (χ0) is 16.0. The van der Waals surface area contributed by atoms with E-state index >= 15 is 0 Å². The molecule has 0 fully saturated rings. The Morgan fingerprint density at radius 3 is 2.43 bits per heavy atom. The molecular weight excluding hydrogens is 266 g/mol. The third-order valence-corrected chi connectivity index (χ3v) is 3.09. The SMILES string of the molecule is CC(COc1ccc(C#N)cc1)NC(=O)[C@@H](N)C(C)(C)C. The van der Waals surface area contributed by atoms with Crippen LogP contribution < -0.4 is 15.8 Å². The van der Waals surface area contributed by atoms with Crippen molar-refractivity contribution in [1.82, 2.24) is 5.32 Å². The van der Waals surface area contributed by atoms with E-state index in [1.165, 1.54) is 0 Å². The second-order valence-corrected chi connectivity index (χ2v) is 6.20. The molecule has 21 heavy (non-hydrogen) atoms. The van der Waals surface area contributed by atoms with E-state index < -0.39 is 6.04 Å². The molecule has 0 aliphatic carbocycles.